The van der Waals surface area contributed by atoms with Crippen LogP contribution in [-0.2, 0) is 11.3 Å². The molecule has 0 aliphatic rings. The summed E-state index contributed by atoms with van der Waals surface area (Å²) in [6, 6.07) is 15.4. The van der Waals surface area contributed by atoms with E-state index in [9.17, 15) is 4.79 Å². The molecule has 21 heavy (non-hydrogen) atoms. The van der Waals surface area contributed by atoms with Crippen molar-refractivity contribution < 1.29 is 14.6 Å². The van der Waals surface area contributed by atoms with Crippen LogP contribution in [0, 0.1) is 0 Å². The Hall–Kier alpha value is -2.49. The predicted octanol–water partition coefficient (Wildman–Crippen LogP) is 3.50. The van der Waals surface area contributed by atoms with Gasteiger partial charge in [0.05, 0.1) is 13.0 Å². The lowest BCUT2D eigenvalue weighted by molar-refractivity contribution is -0.138. The molecule has 2 N–H and O–H groups in total. The normalized spacial score (nSPS) is 11.7. The van der Waals surface area contributed by atoms with Gasteiger partial charge in [0.15, 0.2) is 0 Å². The van der Waals surface area contributed by atoms with E-state index in [4.69, 9.17) is 9.84 Å². The SMILES string of the molecule is COc1ccc(NCc2ccc(C(C)C(=O)O)cc2)cc1. The third kappa shape index (κ3) is 3.99. The van der Waals surface area contributed by atoms with E-state index in [0.29, 0.717) is 6.54 Å². The van der Waals surface area contributed by atoms with Crippen molar-refractivity contribution in [1.82, 2.24) is 0 Å². The second-order valence-electron chi connectivity index (χ2n) is 4.88. The van der Waals surface area contributed by atoms with E-state index in [1.807, 2.05) is 48.5 Å². The molecule has 0 aromatic heterocycles. The van der Waals surface area contributed by atoms with Crippen LogP contribution in [0.1, 0.15) is 24.0 Å². The first-order valence-electron chi connectivity index (χ1n) is 6.79. The molecule has 0 fully saturated rings. The first kappa shape index (κ1) is 14.9. The summed E-state index contributed by atoms with van der Waals surface area (Å²) in [6.07, 6.45) is 0. The molecule has 0 heterocycles. The number of benzene rings is 2. The maximum atomic E-state index is 10.9. The number of methoxy groups -OCH3 is 1. The first-order chi connectivity index (χ1) is 10.1. The quantitative estimate of drug-likeness (QED) is 0.853. The molecule has 2 rings (SSSR count). The molecule has 0 amide bonds. The van der Waals surface area contributed by atoms with Gasteiger partial charge in [-0.25, -0.2) is 0 Å². The number of ether oxygens (including phenoxy) is 1. The fourth-order valence-corrected chi connectivity index (χ4v) is 1.98. The van der Waals surface area contributed by atoms with Crippen LogP contribution in [0.3, 0.4) is 0 Å². The van der Waals surface area contributed by atoms with E-state index in [0.717, 1.165) is 22.6 Å². The Morgan fingerprint density at radius 2 is 1.76 bits per heavy atom. The lowest BCUT2D eigenvalue weighted by Gasteiger charge is -2.10. The van der Waals surface area contributed by atoms with Crippen LogP contribution in [0.15, 0.2) is 48.5 Å². The Kier molecular flexibility index (Phi) is 4.82. The molecule has 4 nitrogen and oxygen atoms in total. The monoisotopic (exact) mass is 285 g/mol. The number of aliphatic carboxylic acids is 1. The second-order valence-corrected chi connectivity index (χ2v) is 4.88. The average Bonchev–Trinajstić information content (AvgIpc) is 2.53. The standard InChI is InChI=1S/C17H19NO3/c1-12(17(19)20)14-5-3-13(4-6-14)11-18-15-7-9-16(21-2)10-8-15/h3-10,12,18H,11H2,1-2H3,(H,19,20). The lowest BCUT2D eigenvalue weighted by atomic mass is 10.00. The van der Waals surface area contributed by atoms with Gasteiger partial charge in [0.1, 0.15) is 5.75 Å². The maximum Gasteiger partial charge on any atom is 0.310 e. The van der Waals surface area contributed by atoms with E-state index >= 15 is 0 Å². The number of carbonyl (C=O) groups is 1. The van der Waals surface area contributed by atoms with Gasteiger partial charge in [0.2, 0.25) is 0 Å². The van der Waals surface area contributed by atoms with Crippen molar-refractivity contribution in [3.8, 4) is 5.75 Å². The predicted molar refractivity (Wildman–Crippen MR) is 82.8 cm³/mol. The number of rotatable bonds is 6. The van der Waals surface area contributed by atoms with Gasteiger partial charge >= 0.3 is 5.97 Å². The molecule has 0 bridgehead atoms. The van der Waals surface area contributed by atoms with Crippen molar-refractivity contribution in [2.24, 2.45) is 0 Å². The van der Waals surface area contributed by atoms with Crippen molar-refractivity contribution >= 4 is 11.7 Å². The highest BCUT2D eigenvalue weighted by molar-refractivity contribution is 5.75. The summed E-state index contributed by atoms with van der Waals surface area (Å²) in [5, 5.41) is 12.3. The molecule has 1 unspecified atom stereocenters. The molecule has 110 valence electrons. The maximum absolute atomic E-state index is 10.9. The van der Waals surface area contributed by atoms with Crippen molar-refractivity contribution in [2.45, 2.75) is 19.4 Å². The highest BCUT2D eigenvalue weighted by atomic mass is 16.5. The number of nitrogens with one attached hydrogen (secondary N) is 1. The van der Waals surface area contributed by atoms with Crippen molar-refractivity contribution in [3.05, 3.63) is 59.7 Å². The number of hydrogen-bond acceptors (Lipinski definition) is 3. The minimum atomic E-state index is -0.806. The van der Waals surface area contributed by atoms with Gasteiger partial charge in [-0.05, 0) is 42.3 Å². The fraction of sp³-hybridized carbons (Fsp3) is 0.235. The Morgan fingerprint density at radius 3 is 2.29 bits per heavy atom. The fourth-order valence-electron chi connectivity index (χ4n) is 1.98. The van der Waals surface area contributed by atoms with E-state index in [1.165, 1.54) is 0 Å². The molecular weight excluding hydrogens is 266 g/mol. The summed E-state index contributed by atoms with van der Waals surface area (Å²) in [5.74, 6) is -0.458. The Labute approximate surface area is 124 Å². The van der Waals surface area contributed by atoms with Crippen LogP contribution < -0.4 is 10.1 Å². The largest absolute Gasteiger partial charge is 0.497 e. The molecule has 2 aromatic carbocycles. The summed E-state index contributed by atoms with van der Waals surface area (Å²) in [6.45, 7) is 2.38. The van der Waals surface area contributed by atoms with Gasteiger partial charge in [-0.2, -0.15) is 0 Å². The first-order valence-corrected chi connectivity index (χ1v) is 6.79. The Morgan fingerprint density at radius 1 is 1.14 bits per heavy atom. The molecular formula is C17H19NO3. The summed E-state index contributed by atoms with van der Waals surface area (Å²) in [5.41, 5.74) is 2.93. The third-order valence-electron chi connectivity index (χ3n) is 3.44. The van der Waals surface area contributed by atoms with Gasteiger partial charge in [0, 0.05) is 12.2 Å². The highest BCUT2D eigenvalue weighted by Gasteiger charge is 2.12. The van der Waals surface area contributed by atoms with Crippen LogP contribution in [0.2, 0.25) is 0 Å². The highest BCUT2D eigenvalue weighted by Crippen LogP contribution is 2.18. The van der Waals surface area contributed by atoms with Crippen molar-refractivity contribution in [2.75, 3.05) is 12.4 Å². The van der Waals surface area contributed by atoms with Crippen LogP contribution in [0.5, 0.6) is 5.75 Å². The summed E-state index contributed by atoms with van der Waals surface area (Å²) >= 11 is 0. The lowest BCUT2D eigenvalue weighted by Crippen LogP contribution is -2.07. The number of anilines is 1. The Bertz CT molecular complexity index is 590. The molecule has 0 aliphatic heterocycles. The molecule has 0 saturated carbocycles. The number of carboxylic acids is 1. The van der Waals surface area contributed by atoms with Crippen molar-refractivity contribution in [1.29, 1.82) is 0 Å². The van der Waals surface area contributed by atoms with Gasteiger partial charge < -0.3 is 15.2 Å². The van der Waals surface area contributed by atoms with Gasteiger partial charge in [-0.3, -0.25) is 4.79 Å². The van der Waals surface area contributed by atoms with E-state index < -0.39 is 11.9 Å². The molecule has 0 radical (unpaired) electrons. The number of hydrogen-bond donors (Lipinski definition) is 2. The third-order valence-corrected chi connectivity index (χ3v) is 3.44. The molecule has 0 aliphatic carbocycles. The van der Waals surface area contributed by atoms with Crippen LogP contribution in [0.4, 0.5) is 5.69 Å². The Balaban J connectivity index is 1.95. The van der Waals surface area contributed by atoms with Crippen LogP contribution >= 0.6 is 0 Å². The van der Waals surface area contributed by atoms with E-state index in [-0.39, 0.29) is 0 Å². The number of carboxylic acid groups (broad SMARTS) is 1. The van der Waals surface area contributed by atoms with Gasteiger partial charge in [-0.15, -0.1) is 0 Å². The summed E-state index contributed by atoms with van der Waals surface area (Å²) in [4.78, 5) is 10.9. The summed E-state index contributed by atoms with van der Waals surface area (Å²) < 4.78 is 5.11. The molecule has 0 saturated heterocycles. The zero-order valence-electron chi connectivity index (χ0n) is 12.2. The van der Waals surface area contributed by atoms with E-state index in [1.54, 1.807) is 14.0 Å². The zero-order valence-corrected chi connectivity index (χ0v) is 12.2. The molecule has 4 heteroatoms. The van der Waals surface area contributed by atoms with Crippen LogP contribution in [-0.4, -0.2) is 18.2 Å². The zero-order chi connectivity index (χ0) is 15.2. The minimum Gasteiger partial charge on any atom is -0.497 e. The topological polar surface area (TPSA) is 58.6 Å². The van der Waals surface area contributed by atoms with Crippen molar-refractivity contribution in [3.63, 3.8) is 0 Å². The molecule has 0 spiro atoms. The molecule has 2 aromatic rings. The smallest absolute Gasteiger partial charge is 0.310 e. The van der Waals surface area contributed by atoms with Gasteiger partial charge in [-0.1, -0.05) is 24.3 Å². The van der Waals surface area contributed by atoms with E-state index in [2.05, 4.69) is 5.32 Å². The minimum absolute atomic E-state index is 0.478. The summed E-state index contributed by atoms with van der Waals surface area (Å²) in [7, 11) is 1.64. The average molecular weight is 285 g/mol. The molecule has 1 atom stereocenters. The van der Waals surface area contributed by atoms with Crippen LogP contribution in [0.25, 0.3) is 0 Å². The second kappa shape index (κ2) is 6.79. The van der Waals surface area contributed by atoms with Gasteiger partial charge in [0.25, 0.3) is 0 Å².